The highest BCUT2D eigenvalue weighted by molar-refractivity contribution is 5.01. The Labute approximate surface area is 76.5 Å². The van der Waals surface area contributed by atoms with E-state index in [-0.39, 0.29) is 19.3 Å². The molecule has 0 bridgehead atoms. The minimum absolute atomic E-state index is 0.0792. The van der Waals surface area contributed by atoms with Gasteiger partial charge in [0.25, 0.3) is 0 Å². The van der Waals surface area contributed by atoms with Crippen LogP contribution in [0.3, 0.4) is 0 Å². The number of aliphatic hydroxyl groups excluding tert-OH is 2. The maximum absolute atomic E-state index is 8.75. The summed E-state index contributed by atoms with van der Waals surface area (Å²) >= 11 is 0. The van der Waals surface area contributed by atoms with Crippen molar-refractivity contribution in [1.29, 1.82) is 0 Å². The highest BCUT2D eigenvalue weighted by Crippen LogP contribution is 1.92. The van der Waals surface area contributed by atoms with Crippen molar-refractivity contribution in [3.05, 3.63) is 24.3 Å². The second kappa shape index (κ2) is 5.58. The highest BCUT2D eigenvalue weighted by Gasteiger charge is 2.03. The molecule has 72 valence electrons. The molecule has 0 radical (unpaired) electrons. The fraction of sp³-hybridized carbons (Fsp3) is 0.500. The average Bonchev–Trinajstić information content (AvgIpc) is 2.21. The van der Waals surface area contributed by atoms with E-state index in [1.807, 2.05) is 0 Å². The minimum atomic E-state index is -0.278. The Morgan fingerprint density at radius 2 is 1.85 bits per heavy atom. The summed E-state index contributed by atoms with van der Waals surface area (Å²) in [5.74, 6) is 0. The molecule has 0 saturated heterocycles. The zero-order chi connectivity index (χ0) is 9.52. The van der Waals surface area contributed by atoms with Crippen LogP contribution in [0.1, 0.15) is 5.56 Å². The van der Waals surface area contributed by atoms with Crippen molar-refractivity contribution in [1.82, 2.24) is 15.3 Å². The van der Waals surface area contributed by atoms with E-state index in [2.05, 4.69) is 15.3 Å². The second-order valence-electron chi connectivity index (χ2n) is 2.69. The molecular weight excluding hydrogens is 170 g/mol. The van der Waals surface area contributed by atoms with Gasteiger partial charge in [-0.3, -0.25) is 0 Å². The quantitative estimate of drug-likeness (QED) is 0.541. The average molecular weight is 183 g/mol. The Bertz CT molecular complexity index is 226. The lowest BCUT2D eigenvalue weighted by molar-refractivity contribution is 0.170. The topological polar surface area (TPSA) is 78.3 Å². The van der Waals surface area contributed by atoms with Crippen LogP contribution in [0.5, 0.6) is 0 Å². The van der Waals surface area contributed by atoms with Crippen LogP contribution in [0.15, 0.2) is 18.7 Å². The first kappa shape index (κ1) is 10.0. The van der Waals surface area contributed by atoms with Gasteiger partial charge < -0.3 is 15.5 Å². The predicted molar refractivity (Wildman–Crippen MR) is 46.8 cm³/mol. The number of hydrogen-bond acceptors (Lipinski definition) is 5. The van der Waals surface area contributed by atoms with Crippen LogP contribution in [0.2, 0.25) is 0 Å². The lowest BCUT2D eigenvalue weighted by atomic mass is 10.3. The summed E-state index contributed by atoms with van der Waals surface area (Å²) < 4.78 is 0. The van der Waals surface area contributed by atoms with E-state index in [0.717, 1.165) is 5.56 Å². The Balaban J connectivity index is 2.34. The third-order valence-corrected chi connectivity index (χ3v) is 1.65. The molecule has 0 atom stereocenters. The van der Waals surface area contributed by atoms with Gasteiger partial charge in [-0.15, -0.1) is 0 Å². The summed E-state index contributed by atoms with van der Waals surface area (Å²) in [4.78, 5) is 7.68. The number of nitrogens with one attached hydrogen (secondary N) is 1. The molecule has 0 aliphatic carbocycles. The molecule has 1 aromatic rings. The number of aliphatic hydroxyl groups is 2. The molecule has 0 unspecified atom stereocenters. The molecule has 5 heteroatoms. The molecule has 0 spiro atoms. The highest BCUT2D eigenvalue weighted by atomic mass is 16.3. The molecule has 13 heavy (non-hydrogen) atoms. The first-order chi connectivity index (χ1) is 6.36. The van der Waals surface area contributed by atoms with Crippen LogP contribution in [0.4, 0.5) is 0 Å². The maximum Gasteiger partial charge on any atom is 0.115 e. The summed E-state index contributed by atoms with van der Waals surface area (Å²) in [5, 5.41) is 20.5. The molecule has 0 aliphatic heterocycles. The Hall–Kier alpha value is -1.04. The number of hydrogen-bond donors (Lipinski definition) is 3. The van der Waals surface area contributed by atoms with E-state index in [1.165, 1.54) is 6.33 Å². The summed E-state index contributed by atoms with van der Waals surface area (Å²) in [5.41, 5.74) is 0.925. The third-order valence-electron chi connectivity index (χ3n) is 1.65. The fourth-order valence-corrected chi connectivity index (χ4v) is 0.870. The van der Waals surface area contributed by atoms with E-state index in [4.69, 9.17) is 10.2 Å². The van der Waals surface area contributed by atoms with Crippen LogP contribution >= 0.6 is 0 Å². The van der Waals surface area contributed by atoms with Crippen molar-refractivity contribution in [2.24, 2.45) is 0 Å². The van der Waals surface area contributed by atoms with E-state index >= 15 is 0 Å². The van der Waals surface area contributed by atoms with Crippen LogP contribution in [-0.4, -0.2) is 39.4 Å². The van der Waals surface area contributed by atoms with Crippen molar-refractivity contribution in [3.63, 3.8) is 0 Å². The SMILES string of the molecule is OCC(CO)NCc1cncnc1. The van der Waals surface area contributed by atoms with Gasteiger partial charge in [-0.05, 0) is 0 Å². The molecule has 5 nitrogen and oxygen atoms in total. The van der Waals surface area contributed by atoms with Gasteiger partial charge in [-0.2, -0.15) is 0 Å². The molecule has 1 rings (SSSR count). The van der Waals surface area contributed by atoms with E-state index in [0.29, 0.717) is 6.54 Å². The first-order valence-electron chi connectivity index (χ1n) is 4.05. The third kappa shape index (κ3) is 3.45. The molecule has 0 amide bonds. The van der Waals surface area contributed by atoms with Crippen molar-refractivity contribution >= 4 is 0 Å². The molecule has 3 N–H and O–H groups in total. The lowest BCUT2D eigenvalue weighted by Crippen LogP contribution is -2.35. The van der Waals surface area contributed by atoms with Gasteiger partial charge >= 0.3 is 0 Å². The lowest BCUT2D eigenvalue weighted by Gasteiger charge is -2.12. The fourth-order valence-electron chi connectivity index (χ4n) is 0.870. The van der Waals surface area contributed by atoms with Gasteiger partial charge in [-0.1, -0.05) is 0 Å². The van der Waals surface area contributed by atoms with Gasteiger partial charge in [0.15, 0.2) is 0 Å². The number of aromatic nitrogens is 2. The molecule has 0 fully saturated rings. The molecular formula is C8H13N3O2. The van der Waals surface area contributed by atoms with Crippen molar-refractivity contribution < 1.29 is 10.2 Å². The normalized spacial score (nSPS) is 10.7. The van der Waals surface area contributed by atoms with Gasteiger partial charge in [0.2, 0.25) is 0 Å². The van der Waals surface area contributed by atoms with Crippen LogP contribution in [0, 0.1) is 0 Å². The summed E-state index contributed by atoms with van der Waals surface area (Å²) in [6.45, 7) is 0.390. The summed E-state index contributed by atoms with van der Waals surface area (Å²) in [6.07, 6.45) is 4.83. The van der Waals surface area contributed by atoms with Crippen LogP contribution < -0.4 is 5.32 Å². The monoisotopic (exact) mass is 183 g/mol. The Kier molecular flexibility index (Phi) is 4.31. The van der Waals surface area contributed by atoms with Gasteiger partial charge in [-0.25, -0.2) is 9.97 Å². The minimum Gasteiger partial charge on any atom is -0.395 e. The first-order valence-corrected chi connectivity index (χ1v) is 4.05. The van der Waals surface area contributed by atoms with E-state index in [1.54, 1.807) is 12.4 Å². The molecule has 0 aromatic carbocycles. The maximum atomic E-state index is 8.75. The molecule has 1 aromatic heterocycles. The Morgan fingerprint density at radius 3 is 2.38 bits per heavy atom. The standard InChI is InChI=1S/C8H13N3O2/c12-4-8(5-13)11-3-7-1-9-6-10-2-7/h1-2,6,8,11-13H,3-5H2. The van der Waals surface area contributed by atoms with Crippen molar-refractivity contribution in [2.45, 2.75) is 12.6 Å². The van der Waals surface area contributed by atoms with Crippen molar-refractivity contribution in [2.75, 3.05) is 13.2 Å². The van der Waals surface area contributed by atoms with Gasteiger partial charge in [0, 0.05) is 24.5 Å². The van der Waals surface area contributed by atoms with E-state index < -0.39 is 0 Å². The van der Waals surface area contributed by atoms with Gasteiger partial charge in [0.05, 0.1) is 19.3 Å². The molecule has 1 heterocycles. The van der Waals surface area contributed by atoms with Crippen molar-refractivity contribution in [3.8, 4) is 0 Å². The summed E-state index contributed by atoms with van der Waals surface area (Å²) in [6, 6.07) is -0.278. The number of nitrogens with zero attached hydrogens (tertiary/aromatic N) is 2. The van der Waals surface area contributed by atoms with E-state index in [9.17, 15) is 0 Å². The zero-order valence-corrected chi connectivity index (χ0v) is 7.22. The number of rotatable bonds is 5. The van der Waals surface area contributed by atoms with Gasteiger partial charge in [0.1, 0.15) is 6.33 Å². The smallest absolute Gasteiger partial charge is 0.115 e. The molecule has 0 aliphatic rings. The second-order valence-corrected chi connectivity index (χ2v) is 2.69. The Morgan fingerprint density at radius 1 is 1.23 bits per heavy atom. The molecule has 0 saturated carbocycles. The predicted octanol–water partition coefficient (Wildman–Crippen LogP) is -1.08. The largest absolute Gasteiger partial charge is 0.395 e. The van der Waals surface area contributed by atoms with Crippen LogP contribution in [0.25, 0.3) is 0 Å². The summed E-state index contributed by atoms with van der Waals surface area (Å²) in [7, 11) is 0. The van der Waals surface area contributed by atoms with Crippen LogP contribution in [-0.2, 0) is 6.54 Å². The zero-order valence-electron chi connectivity index (χ0n) is 7.22.